The second kappa shape index (κ2) is 8.02. The highest BCUT2D eigenvalue weighted by molar-refractivity contribution is 5.96. The van der Waals surface area contributed by atoms with E-state index in [1.54, 1.807) is 51.6 Å². The number of ether oxygens (including phenoxy) is 1. The van der Waals surface area contributed by atoms with Crippen LogP contribution in [0.2, 0.25) is 0 Å². The van der Waals surface area contributed by atoms with Crippen molar-refractivity contribution in [1.82, 2.24) is 20.0 Å². The number of carbonyl (C=O) groups excluding carboxylic acids is 2. The Kier molecular flexibility index (Phi) is 5.79. The van der Waals surface area contributed by atoms with Gasteiger partial charge in [-0.15, -0.1) is 5.10 Å². The average Bonchev–Trinajstić information content (AvgIpc) is 2.99. The molecule has 130 valence electrons. The summed E-state index contributed by atoms with van der Waals surface area (Å²) in [5.74, 6) is 5.73. The maximum atomic E-state index is 12.1. The molecule has 0 aliphatic carbocycles. The maximum Gasteiger partial charge on any atom is 0.259 e. The molecule has 1 aromatic heterocycles. The fourth-order valence-corrected chi connectivity index (χ4v) is 2.09. The van der Waals surface area contributed by atoms with E-state index >= 15 is 0 Å². The summed E-state index contributed by atoms with van der Waals surface area (Å²) in [6.07, 6.45) is 1.59. The molecule has 25 heavy (non-hydrogen) atoms. The number of aryl methyl sites for hydroxylation is 1. The fourth-order valence-electron chi connectivity index (χ4n) is 2.09. The lowest BCUT2D eigenvalue weighted by Crippen LogP contribution is -2.23. The van der Waals surface area contributed by atoms with Gasteiger partial charge in [0.05, 0.1) is 13.7 Å². The van der Waals surface area contributed by atoms with Crippen LogP contribution in [0.15, 0.2) is 30.5 Å². The molecule has 0 aliphatic heterocycles. The Morgan fingerprint density at radius 3 is 2.56 bits per heavy atom. The quantitative estimate of drug-likeness (QED) is 0.840. The molecule has 1 heterocycles. The van der Waals surface area contributed by atoms with Gasteiger partial charge in [-0.05, 0) is 24.3 Å². The number of hydrogen-bond donors (Lipinski definition) is 1. The lowest BCUT2D eigenvalue weighted by molar-refractivity contribution is 0.0827. The van der Waals surface area contributed by atoms with Gasteiger partial charge in [0, 0.05) is 38.5 Å². The first-order valence-electron chi connectivity index (χ1n) is 7.58. The van der Waals surface area contributed by atoms with Crippen LogP contribution in [0.1, 0.15) is 26.3 Å². The highest BCUT2D eigenvalue weighted by Crippen LogP contribution is 2.14. The molecule has 0 atom stereocenters. The monoisotopic (exact) mass is 340 g/mol. The third-order valence-electron chi connectivity index (χ3n) is 3.34. The largest absolute Gasteiger partial charge is 0.479 e. The summed E-state index contributed by atoms with van der Waals surface area (Å²) in [4.78, 5) is 25.4. The number of nitrogens with zero attached hydrogens (tertiary/aromatic N) is 3. The topological polar surface area (TPSA) is 76.5 Å². The van der Waals surface area contributed by atoms with Crippen LogP contribution in [-0.4, -0.2) is 54.2 Å². The molecule has 0 radical (unpaired) electrons. The summed E-state index contributed by atoms with van der Waals surface area (Å²) in [7, 11) is 6.58. The zero-order chi connectivity index (χ0) is 18.4. The van der Waals surface area contributed by atoms with Crippen molar-refractivity contribution in [2.45, 2.75) is 0 Å². The van der Waals surface area contributed by atoms with Crippen molar-refractivity contribution in [3.05, 3.63) is 47.2 Å². The lowest BCUT2D eigenvalue weighted by atomic mass is 10.1. The van der Waals surface area contributed by atoms with Gasteiger partial charge in [0.25, 0.3) is 11.8 Å². The molecule has 2 aromatic rings. The van der Waals surface area contributed by atoms with E-state index in [0.29, 0.717) is 11.1 Å². The van der Waals surface area contributed by atoms with E-state index in [2.05, 4.69) is 22.3 Å². The van der Waals surface area contributed by atoms with Gasteiger partial charge in [0.15, 0.2) is 0 Å². The smallest absolute Gasteiger partial charge is 0.259 e. The van der Waals surface area contributed by atoms with Crippen LogP contribution in [0, 0.1) is 11.8 Å². The van der Waals surface area contributed by atoms with Gasteiger partial charge in [-0.2, -0.15) is 0 Å². The van der Waals surface area contributed by atoms with Crippen molar-refractivity contribution in [2.24, 2.45) is 7.05 Å². The molecule has 7 nitrogen and oxygen atoms in total. The Bertz CT molecular complexity index is 826. The number of methoxy groups -OCH3 is 1. The number of rotatable bonds is 4. The highest BCUT2D eigenvalue weighted by atomic mass is 16.5. The summed E-state index contributed by atoms with van der Waals surface area (Å²) < 4.78 is 6.56. The molecular weight excluding hydrogens is 320 g/mol. The van der Waals surface area contributed by atoms with Crippen LogP contribution in [0.5, 0.6) is 5.88 Å². The molecular formula is C18H20N4O3. The Hall–Kier alpha value is -3.27. The van der Waals surface area contributed by atoms with E-state index in [4.69, 9.17) is 4.74 Å². The van der Waals surface area contributed by atoms with Crippen LogP contribution >= 0.6 is 0 Å². The molecule has 0 unspecified atom stereocenters. The molecule has 1 N–H and O–H groups in total. The van der Waals surface area contributed by atoms with E-state index in [1.807, 2.05) is 0 Å². The van der Waals surface area contributed by atoms with Crippen molar-refractivity contribution in [1.29, 1.82) is 0 Å². The van der Waals surface area contributed by atoms with Crippen molar-refractivity contribution in [3.8, 4) is 17.7 Å². The molecule has 0 bridgehead atoms. The molecule has 2 rings (SSSR count). The minimum Gasteiger partial charge on any atom is -0.479 e. The van der Waals surface area contributed by atoms with E-state index in [-0.39, 0.29) is 24.2 Å². The molecule has 1 aromatic carbocycles. The van der Waals surface area contributed by atoms with Crippen molar-refractivity contribution >= 4 is 11.8 Å². The molecule has 0 saturated heterocycles. The number of hydrogen-bond acceptors (Lipinski definition) is 4. The summed E-state index contributed by atoms with van der Waals surface area (Å²) in [6, 6.07) is 7.00. The Morgan fingerprint density at radius 1 is 1.28 bits per heavy atom. The van der Waals surface area contributed by atoms with Crippen LogP contribution < -0.4 is 10.1 Å². The summed E-state index contributed by atoms with van der Waals surface area (Å²) in [5, 5.41) is 6.72. The van der Waals surface area contributed by atoms with Gasteiger partial charge in [-0.1, -0.05) is 11.8 Å². The van der Waals surface area contributed by atoms with Gasteiger partial charge in [-0.25, -0.2) is 0 Å². The standard InChI is InChI=1S/C18H20N4O3/c1-21(2)18(24)14-9-7-13(8-10-14)6-5-11-19-16(23)15-12-22(3)20-17(15)25-4/h7-10,12H,11H2,1-4H3,(H,19,23). The highest BCUT2D eigenvalue weighted by Gasteiger charge is 2.15. The molecule has 7 heteroatoms. The van der Waals surface area contributed by atoms with Gasteiger partial charge in [0.1, 0.15) is 5.56 Å². The second-order valence-electron chi connectivity index (χ2n) is 5.49. The minimum absolute atomic E-state index is 0.0582. The molecule has 0 fully saturated rings. The second-order valence-corrected chi connectivity index (χ2v) is 5.49. The van der Waals surface area contributed by atoms with Gasteiger partial charge in [-0.3, -0.25) is 14.3 Å². The van der Waals surface area contributed by atoms with Gasteiger partial charge >= 0.3 is 0 Å². The summed E-state index contributed by atoms with van der Waals surface area (Å²) in [6.45, 7) is 0.190. The third kappa shape index (κ3) is 4.61. The first-order chi connectivity index (χ1) is 11.9. The lowest BCUT2D eigenvalue weighted by Gasteiger charge is -2.09. The van der Waals surface area contributed by atoms with Crippen LogP contribution in [0.25, 0.3) is 0 Å². The summed E-state index contributed by atoms with van der Waals surface area (Å²) in [5.41, 5.74) is 1.73. The number of amides is 2. The number of aromatic nitrogens is 2. The minimum atomic E-state index is -0.300. The first-order valence-corrected chi connectivity index (χ1v) is 7.58. The van der Waals surface area contributed by atoms with Crippen LogP contribution in [-0.2, 0) is 7.05 Å². The zero-order valence-electron chi connectivity index (χ0n) is 14.7. The predicted molar refractivity (Wildman–Crippen MR) is 93.4 cm³/mol. The van der Waals surface area contributed by atoms with Crippen molar-refractivity contribution < 1.29 is 14.3 Å². The van der Waals surface area contributed by atoms with E-state index in [9.17, 15) is 9.59 Å². The van der Waals surface area contributed by atoms with E-state index in [1.165, 1.54) is 16.7 Å². The Balaban J connectivity index is 1.94. The third-order valence-corrected chi connectivity index (χ3v) is 3.34. The molecule has 2 amide bonds. The molecule has 0 spiro atoms. The molecule has 0 saturated carbocycles. The Labute approximate surface area is 146 Å². The fraction of sp³-hybridized carbons (Fsp3) is 0.278. The van der Waals surface area contributed by atoms with Crippen molar-refractivity contribution in [3.63, 3.8) is 0 Å². The SMILES string of the molecule is COc1nn(C)cc1C(=O)NCC#Cc1ccc(C(=O)N(C)C)cc1. The van der Waals surface area contributed by atoms with Gasteiger partial charge in [0.2, 0.25) is 5.88 Å². The van der Waals surface area contributed by atoms with E-state index < -0.39 is 0 Å². The predicted octanol–water partition coefficient (Wildman–Crippen LogP) is 0.912. The van der Waals surface area contributed by atoms with Crippen molar-refractivity contribution in [2.75, 3.05) is 27.7 Å². The van der Waals surface area contributed by atoms with Crippen LogP contribution in [0.3, 0.4) is 0 Å². The van der Waals surface area contributed by atoms with Gasteiger partial charge < -0.3 is 15.0 Å². The van der Waals surface area contributed by atoms with E-state index in [0.717, 1.165) is 5.56 Å². The molecule has 0 aliphatic rings. The van der Waals surface area contributed by atoms with Crippen LogP contribution in [0.4, 0.5) is 0 Å². The average molecular weight is 340 g/mol. The zero-order valence-corrected chi connectivity index (χ0v) is 14.7. The normalized spacial score (nSPS) is 9.76. The maximum absolute atomic E-state index is 12.1. The summed E-state index contributed by atoms with van der Waals surface area (Å²) >= 11 is 0. The number of benzene rings is 1. The Morgan fingerprint density at radius 2 is 1.96 bits per heavy atom. The first kappa shape index (κ1) is 18.1. The number of nitrogens with one attached hydrogen (secondary N) is 1. The number of carbonyl (C=O) groups is 2.